The van der Waals surface area contributed by atoms with Gasteiger partial charge in [0.2, 0.25) is 0 Å². The topological polar surface area (TPSA) is 54.3 Å². The van der Waals surface area contributed by atoms with E-state index in [1.807, 2.05) is 48.5 Å². The van der Waals surface area contributed by atoms with E-state index in [0.717, 1.165) is 22.6 Å². The van der Waals surface area contributed by atoms with Crippen molar-refractivity contribution in [3.8, 4) is 11.8 Å². The highest BCUT2D eigenvalue weighted by atomic mass is 16.5. The Labute approximate surface area is 124 Å². The van der Waals surface area contributed by atoms with Gasteiger partial charge in [0.25, 0.3) is 0 Å². The van der Waals surface area contributed by atoms with Crippen LogP contribution >= 0.6 is 0 Å². The molecule has 21 heavy (non-hydrogen) atoms. The predicted octanol–water partition coefficient (Wildman–Crippen LogP) is 3.52. The van der Waals surface area contributed by atoms with Crippen molar-refractivity contribution in [1.82, 2.24) is 0 Å². The van der Waals surface area contributed by atoms with E-state index in [9.17, 15) is 5.26 Å². The van der Waals surface area contributed by atoms with Crippen LogP contribution in [0, 0.1) is 11.3 Å². The Kier molecular flexibility index (Phi) is 5.19. The first-order valence-electron chi connectivity index (χ1n) is 6.65. The van der Waals surface area contributed by atoms with Crippen LogP contribution in [0.5, 0.6) is 5.75 Å². The lowest BCUT2D eigenvalue weighted by Gasteiger charge is -2.14. The highest BCUT2D eigenvalue weighted by Gasteiger charge is 2.10. The lowest BCUT2D eigenvalue weighted by molar-refractivity contribution is 0.185. The van der Waals surface area contributed by atoms with Crippen molar-refractivity contribution in [2.45, 2.75) is 12.6 Å². The third kappa shape index (κ3) is 3.98. The van der Waals surface area contributed by atoms with Crippen LogP contribution in [0.15, 0.2) is 48.5 Å². The normalized spacial score (nSPS) is 11.5. The van der Waals surface area contributed by atoms with Gasteiger partial charge in [-0.05, 0) is 35.4 Å². The summed E-state index contributed by atoms with van der Waals surface area (Å²) in [7, 11) is 3.28. The Morgan fingerprint density at radius 3 is 2.52 bits per heavy atom. The van der Waals surface area contributed by atoms with Gasteiger partial charge >= 0.3 is 0 Å². The molecule has 0 heterocycles. The summed E-state index contributed by atoms with van der Waals surface area (Å²) in [5, 5.41) is 12.6. The van der Waals surface area contributed by atoms with Crippen molar-refractivity contribution in [2.24, 2.45) is 0 Å². The quantitative estimate of drug-likeness (QED) is 0.880. The molecule has 1 unspecified atom stereocenters. The lowest BCUT2D eigenvalue weighted by Crippen LogP contribution is -2.08. The molecule has 0 spiro atoms. The summed E-state index contributed by atoms with van der Waals surface area (Å²) in [6.45, 7) is 0.536. The van der Waals surface area contributed by atoms with E-state index in [-0.39, 0.29) is 0 Å². The number of benzene rings is 2. The van der Waals surface area contributed by atoms with Crippen LogP contribution in [0.25, 0.3) is 0 Å². The van der Waals surface area contributed by atoms with E-state index < -0.39 is 6.04 Å². The molecule has 0 amide bonds. The predicted molar refractivity (Wildman–Crippen MR) is 82.1 cm³/mol. The molecule has 0 saturated heterocycles. The van der Waals surface area contributed by atoms with Crippen molar-refractivity contribution in [1.29, 1.82) is 5.26 Å². The van der Waals surface area contributed by atoms with Gasteiger partial charge in [0.15, 0.2) is 0 Å². The minimum absolute atomic E-state index is 0.407. The smallest absolute Gasteiger partial charge is 0.140 e. The number of nitriles is 1. The van der Waals surface area contributed by atoms with Gasteiger partial charge in [-0.1, -0.05) is 24.3 Å². The number of nitrogens with zero attached hydrogens (tertiary/aromatic N) is 1. The summed E-state index contributed by atoms with van der Waals surface area (Å²) >= 11 is 0. The number of anilines is 1. The summed E-state index contributed by atoms with van der Waals surface area (Å²) in [6.07, 6.45) is 0. The van der Waals surface area contributed by atoms with Crippen LogP contribution in [0.3, 0.4) is 0 Å². The van der Waals surface area contributed by atoms with E-state index in [1.165, 1.54) is 0 Å². The van der Waals surface area contributed by atoms with Gasteiger partial charge in [-0.3, -0.25) is 0 Å². The Balaban J connectivity index is 2.15. The molecule has 0 aliphatic carbocycles. The van der Waals surface area contributed by atoms with Crippen molar-refractivity contribution in [3.63, 3.8) is 0 Å². The number of hydrogen-bond acceptors (Lipinski definition) is 4. The summed E-state index contributed by atoms with van der Waals surface area (Å²) in [5.74, 6) is 0.788. The van der Waals surface area contributed by atoms with Crippen LogP contribution in [-0.4, -0.2) is 14.2 Å². The second-order valence-corrected chi connectivity index (χ2v) is 4.61. The zero-order chi connectivity index (χ0) is 15.1. The zero-order valence-electron chi connectivity index (χ0n) is 12.2. The average Bonchev–Trinajstić information content (AvgIpc) is 2.54. The number of ether oxygens (including phenoxy) is 2. The molecule has 0 aliphatic heterocycles. The van der Waals surface area contributed by atoms with Crippen molar-refractivity contribution in [2.75, 3.05) is 19.5 Å². The molecular formula is C17H18N2O2. The molecule has 4 heteroatoms. The van der Waals surface area contributed by atoms with Crippen molar-refractivity contribution in [3.05, 3.63) is 59.7 Å². The number of hydrogen-bond donors (Lipinski definition) is 1. The van der Waals surface area contributed by atoms with Gasteiger partial charge in [0.1, 0.15) is 11.8 Å². The molecule has 0 aliphatic rings. The number of rotatable bonds is 6. The second-order valence-electron chi connectivity index (χ2n) is 4.61. The summed E-state index contributed by atoms with van der Waals surface area (Å²) < 4.78 is 10.2. The molecule has 4 nitrogen and oxygen atoms in total. The molecule has 0 aromatic heterocycles. The van der Waals surface area contributed by atoms with E-state index in [2.05, 4.69) is 11.4 Å². The Bertz CT molecular complexity index is 617. The van der Waals surface area contributed by atoms with E-state index in [4.69, 9.17) is 9.47 Å². The minimum Gasteiger partial charge on any atom is -0.497 e. The SMILES string of the molecule is COCc1cccc(C(C#N)Nc2ccc(OC)cc2)c1. The third-order valence-corrected chi connectivity index (χ3v) is 3.13. The largest absolute Gasteiger partial charge is 0.497 e. The monoisotopic (exact) mass is 282 g/mol. The van der Waals surface area contributed by atoms with Crippen molar-refractivity contribution >= 4 is 5.69 Å². The van der Waals surface area contributed by atoms with E-state index in [1.54, 1.807) is 14.2 Å². The fourth-order valence-electron chi connectivity index (χ4n) is 2.07. The van der Waals surface area contributed by atoms with Gasteiger partial charge < -0.3 is 14.8 Å². The van der Waals surface area contributed by atoms with Crippen LogP contribution < -0.4 is 10.1 Å². The summed E-state index contributed by atoms with van der Waals surface area (Å²) in [5.41, 5.74) is 2.84. The standard InChI is InChI=1S/C17H18N2O2/c1-20-12-13-4-3-5-14(10-13)17(11-18)19-15-6-8-16(21-2)9-7-15/h3-10,17,19H,12H2,1-2H3. The van der Waals surface area contributed by atoms with Crippen molar-refractivity contribution < 1.29 is 9.47 Å². The first kappa shape index (κ1) is 14.9. The van der Waals surface area contributed by atoms with Gasteiger partial charge in [0, 0.05) is 12.8 Å². The molecule has 0 bridgehead atoms. The highest BCUT2D eigenvalue weighted by molar-refractivity contribution is 5.50. The maximum atomic E-state index is 9.39. The number of methoxy groups -OCH3 is 2. The maximum absolute atomic E-state index is 9.39. The van der Waals surface area contributed by atoms with E-state index >= 15 is 0 Å². The molecule has 0 saturated carbocycles. The molecule has 108 valence electrons. The Morgan fingerprint density at radius 1 is 1.14 bits per heavy atom. The molecule has 1 N–H and O–H groups in total. The molecule has 2 aromatic carbocycles. The summed E-state index contributed by atoms with van der Waals surface area (Å²) in [4.78, 5) is 0. The van der Waals surface area contributed by atoms with Crippen LogP contribution in [0.1, 0.15) is 17.2 Å². The zero-order valence-corrected chi connectivity index (χ0v) is 12.2. The Hall–Kier alpha value is -2.51. The van der Waals surface area contributed by atoms with Gasteiger partial charge in [-0.25, -0.2) is 0 Å². The Morgan fingerprint density at radius 2 is 1.90 bits per heavy atom. The third-order valence-electron chi connectivity index (χ3n) is 3.13. The fourth-order valence-corrected chi connectivity index (χ4v) is 2.07. The molecule has 0 fully saturated rings. The van der Waals surface area contributed by atoms with Crippen LogP contribution in [0.4, 0.5) is 5.69 Å². The van der Waals surface area contributed by atoms with Crippen LogP contribution in [-0.2, 0) is 11.3 Å². The minimum atomic E-state index is -0.407. The lowest BCUT2D eigenvalue weighted by atomic mass is 10.0. The average molecular weight is 282 g/mol. The highest BCUT2D eigenvalue weighted by Crippen LogP contribution is 2.22. The molecule has 2 aromatic rings. The van der Waals surface area contributed by atoms with Gasteiger partial charge in [-0.15, -0.1) is 0 Å². The first-order chi connectivity index (χ1) is 10.3. The fraction of sp³-hybridized carbons (Fsp3) is 0.235. The molecule has 1 atom stereocenters. The van der Waals surface area contributed by atoms with E-state index in [0.29, 0.717) is 6.61 Å². The number of nitrogens with one attached hydrogen (secondary N) is 1. The van der Waals surface area contributed by atoms with Crippen LogP contribution in [0.2, 0.25) is 0 Å². The molecule has 2 rings (SSSR count). The maximum Gasteiger partial charge on any atom is 0.140 e. The molecule has 0 radical (unpaired) electrons. The van der Waals surface area contributed by atoms with Gasteiger partial charge in [0.05, 0.1) is 19.8 Å². The molecular weight excluding hydrogens is 264 g/mol. The second kappa shape index (κ2) is 7.32. The summed E-state index contributed by atoms with van der Waals surface area (Å²) in [6, 6.07) is 17.2. The first-order valence-corrected chi connectivity index (χ1v) is 6.65. The van der Waals surface area contributed by atoms with Gasteiger partial charge in [-0.2, -0.15) is 5.26 Å².